The van der Waals surface area contributed by atoms with Crippen LogP contribution in [0.15, 0.2) is 46.1 Å². The fourth-order valence-electron chi connectivity index (χ4n) is 2.17. The van der Waals surface area contributed by atoms with Crippen molar-refractivity contribution >= 4 is 34.4 Å². The fourth-order valence-corrected chi connectivity index (χ4v) is 3.03. The van der Waals surface area contributed by atoms with Crippen LogP contribution >= 0.6 is 11.8 Å². The number of benzene rings is 2. The molecule has 5 nitrogen and oxygen atoms in total. The Balaban J connectivity index is 1.71. The van der Waals surface area contributed by atoms with Crippen molar-refractivity contribution < 1.29 is 13.6 Å². The van der Waals surface area contributed by atoms with Crippen LogP contribution in [0, 0.1) is 11.6 Å². The van der Waals surface area contributed by atoms with E-state index < -0.39 is 16.9 Å². The summed E-state index contributed by atoms with van der Waals surface area (Å²) in [6.45, 7) is 1.62. The fraction of sp³-hybridized carbons (Fsp3) is 0.125. The Morgan fingerprint density at radius 2 is 1.88 bits per heavy atom. The van der Waals surface area contributed by atoms with E-state index in [1.165, 1.54) is 6.07 Å². The first-order valence-corrected chi connectivity index (χ1v) is 7.95. The number of nitrogens with one attached hydrogen (secondary N) is 3. The molecule has 0 fully saturated rings. The lowest BCUT2D eigenvalue weighted by molar-refractivity contribution is -0.115. The van der Waals surface area contributed by atoms with Gasteiger partial charge in [-0.15, -0.1) is 11.8 Å². The molecule has 3 N–H and O–H groups in total. The van der Waals surface area contributed by atoms with E-state index in [0.29, 0.717) is 16.7 Å². The number of imidazole rings is 1. The summed E-state index contributed by atoms with van der Waals surface area (Å²) in [6, 6.07) is 8.17. The number of hydrogen-bond donors (Lipinski definition) is 3. The molecule has 0 aliphatic heterocycles. The van der Waals surface area contributed by atoms with Crippen molar-refractivity contribution in [1.29, 1.82) is 0 Å². The zero-order valence-corrected chi connectivity index (χ0v) is 13.3. The molecule has 1 heterocycles. The number of aromatic nitrogens is 2. The van der Waals surface area contributed by atoms with E-state index in [9.17, 15) is 18.4 Å². The molecule has 8 heteroatoms. The highest BCUT2D eigenvalue weighted by Crippen LogP contribution is 2.27. The summed E-state index contributed by atoms with van der Waals surface area (Å²) < 4.78 is 26.6. The van der Waals surface area contributed by atoms with Gasteiger partial charge in [-0.1, -0.05) is 0 Å². The summed E-state index contributed by atoms with van der Waals surface area (Å²) in [4.78, 5) is 28.9. The van der Waals surface area contributed by atoms with Gasteiger partial charge < -0.3 is 15.3 Å². The van der Waals surface area contributed by atoms with Crippen LogP contribution < -0.4 is 11.0 Å². The van der Waals surface area contributed by atoms with Crippen LogP contribution in [0.2, 0.25) is 0 Å². The Hall–Kier alpha value is -2.61. The number of anilines is 1. The minimum Gasteiger partial charge on any atom is -0.325 e. The predicted octanol–water partition coefficient (Wildman–Crippen LogP) is 3.25. The minimum absolute atomic E-state index is 0.199. The first-order chi connectivity index (χ1) is 11.4. The summed E-state index contributed by atoms with van der Waals surface area (Å²) in [7, 11) is 0. The van der Waals surface area contributed by atoms with Crippen LogP contribution in [0.25, 0.3) is 11.0 Å². The van der Waals surface area contributed by atoms with Gasteiger partial charge in [0.05, 0.1) is 16.3 Å². The van der Waals surface area contributed by atoms with Gasteiger partial charge in [-0.05, 0) is 37.3 Å². The van der Waals surface area contributed by atoms with Gasteiger partial charge in [0.1, 0.15) is 11.6 Å². The summed E-state index contributed by atoms with van der Waals surface area (Å²) in [5.41, 5.74) is 1.38. The zero-order chi connectivity index (χ0) is 17.3. The number of rotatable bonds is 4. The molecular weight excluding hydrogens is 336 g/mol. The molecule has 2 aromatic carbocycles. The van der Waals surface area contributed by atoms with Crippen LogP contribution in [0.3, 0.4) is 0 Å². The van der Waals surface area contributed by atoms with Crippen LogP contribution in [-0.4, -0.2) is 21.1 Å². The molecule has 0 bridgehead atoms. The normalized spacial score (nSPS) is 12.3. The first kappa shape index (κ1) is 16.3. The molecule has 1 atom stereocenters. The molecule has 1 amide bonds. The number of fused-ring (bicyclic) bond motifs is 1. The van der Waals surface area contributed by atoms with Crippen molar-refractivity contribution in [3.05, 3.63) is 58.5 Å². The van der Waals surface area contributed by atoms with E-state index in [1.54, 1.807) is 25.1 Å². The molecule has 0 unspecified atom stereocenters. The van der Waals surface area contributed by atoms with E-state index in [-0.39, 0.29) is 16.5 Å². The van der Waals surface area contributed by atoms with Crippen molar-refractivity contribution in [1.82, 2.24) is 9.97 Å². The number of amides is 1. The van der Waals surface area contributed by atoms with Gasteiger partial charge in [0, 0.05) is 16.6 Å². The Bertz CT molecular complexity index is 967. The van der Waals surface area contributed by atoms with E-state index in [2.05, 4.69) is 15.3 Å². The summed E-state index contributed by atoms with van der Waals surface area (Å²) in [5.74, 6) is -1.70. The maximum Gasteiger partial charge on any atom is 0.323 e. The van der Waals surface area contributed by atoms with E-state index in [1.807, 2.05) is 0 Å². The third kappa shape index (κ3) is 3.48. The van der Waals surface area contributed by atoms with Gasteiger partial charge in [-0.3, -0.25) is 4.79 Å². The molecule has 3 rings (SSSR count). The van der Waals surface area contributed by atoms with E-state index in [4.69, 9.17) is 0 Å². The van der Waals surface area contributed by atoms with Gasteiger partial charge in [0.25, 0.3) is 0 Å². The highest BCUT2D eigenvalue weighted by Gasteiger charge is 2.17. The first-order valence-electron chi connectivity index (χ1n) is 7.07. The predicted molar refractivity (Wildman–Crippen MR) is 89.2 cm³/mol. The molecule has 0 saturated heterocycles. The number of aromatic amines is 2. The largest absolute Gasteiger partial charge is 0.325 e. The van der Waals surface area contributed by atoms with Crippen molar-refractivity contribution in [3.8, 4) is 0 Å². The average molecular weight is 349 g/mol. The molecule has 0 aliphatic rings. The number of hydrogen-bond acceptors (Lipinski definition) is 3. The Labute approximate surface area is 139 Å². The van der Waals surface area contributed by atoms with Gasteiger partial charge in [-0.25, -0.2) is 13.6 Å². The summed E-state index contributed by atoms with van der Waals surface area (Å²) >= 11 is 0.996. The zero-order valence-electron chi connectivity index (χ0n) is 12.5. The quantitative estimate of drug-likeness (QED) is 0.633. The Morgan fingerprint density at radius 1 is 1.12 bits per heavy atom. The van der Waals surface area contributed by atoms with Crippen LogP contribution in [0.1, 0.15) is 6.92 Å². The SMILES string of the molecule is C[C@H](Sc1ccc(F)cc1F)C(=O)Nc1ccc2[nH]c(=O)[nH]c2c1. The van der Waals surface area contributed by atoms with Crippen LogP contribution in [-0.2, 0) is 4.79 Å². The van der Waals surface area contributed by atoms with E-state index in [0.717, 1.165) is 23.9 Å². The van der Waals surface area contributed by atoms with Gasteiger partial charge in [0.15, 0.2) is 0 Å². The van der Waals surface area contributed by atoms with Gasteiger partial charge >= 0.3 is 5.69 Å². The monoisotopic (exact) mass is 349 g/mol. The smallest absolute Gasteiger partial charge is 0.323 e. The van der Waals surface area contributed by atoms with Crippen molar-refractivity contribution in [2.75, 3.05) is 5.32 Å². The third-order valence-electron chi connectivity index (χ3n) is 3.35. The number of thioether (sulfide) groups is 1. The highest BCUT2D eigenvalue weighted by molar-refractivity contribution is 8.00. The maximum atomic E-state index is 13.6. The molecule has 24 heavy (non-hydrogen) atoms. The third-order valence-corrected chi connectivity index (χ3v) is 4.50. The highest BCUT2D eigenvalue weighted by atomic mass is 32.2. The molecular formula is C16H13F2N3O2S. The number of H-pyrrole nitrogens is 2. The Morgan fingerprint density at radius 3 is 2.62 bits per heavy atom. The summed E-state index contributed by atoms with van der Waals surface area (Å²) in [6.07, 6.45) is 0. The number of carbonyl (C=O) groups excluding carboxylic acids is 1. The molecule has 0 spiro atoms. The van der Waals surface area contributed by atoms with Crippen molar-refractivity contribution in [3.63, 3.8) is 0 Å². The second kappa shape index (κ2) is 6.48. The molecule has 1 aromatic heterocycles. The second-order valence-electron chi connectivity index (χ2n) is 5.16. The minimum atomic E-state index is -0.703. The second-order valence-corrected chi connectivity index (χ2v) is 6.55. The number of halogens is 2. The van der Waals surface area contributed by atoms with Crippen LogP contribution in [0.5, 0.6) is 0 Å². The molecule has 0 aliphatic carbocycles. The topological polar surface area (TPSA) is 77.8 Å². The Kier molecular flexibility index (Phi) is 4.39. The van der Waals surface area contributed by atoms with Gasteiger partial charge in [-0.2, -0.15) is 0 Å². The van der Waals surface area contributed by atoms with E-state index >= 15 is 0 Å². The summed E-state index contributed by atoms with van der Waals surface area (Å²) in [5, 5.41) is 2.11. The lowest BCUT2D eigenvalue weighted by atomic mass is 10.2. The van der Waals surface area contributed by atoms with Crippen molar-refractivity contribution in [2.24, 2.45) is 0 Å². The average Bonchev–Trinajstić information content (AvgIpc) is 2.89. The van der Waals surface area contributed by atoms with Crippen molar-refractivity contribution in [2.45, 2.75) is 17.1 Å². The number of carbonyl (C=O) groups is 1. The molecule has 3 aromatic rings. The lowest BCUT2D eigenvalue weighted by Gasteiger charge is -2.12. The molecule has 0 radical (unpaired) electrons. The molecule has 124 valence electrons. The lowest BCUT2D eigenvalue weighted by Crippen LogP contribution is -2.22. The maximum absolute atomic E-state index is 13.6. The van der Waals surface area contributed by atoms with Gasteiger partial charge in [0.2, 0.25) is 5.91 Å². The standard InChI is InChI=1S/C16H13F2N3O2S/c1-8(24-14-5-2-9(17)6-11(14)18)15(22)19-10-3-4-12-13(7-10)21-16(23)20-12/h2-8H,1H3,(H,19,22)(H2,20,21,23)/t8-/m0/s1. The van der Waals surface area contributed by atoms with Crippen LogP contribution in [0.4, 0.5) is 14.5 Å². The molecule has 0 saturated carbocycles.